The highest BCUT2D eigenvalue weighted by Gasteiger charge is 2.14. The van der Waals surface area contributed by atoms with Crippen LogP contribution in [0.2, 0.25) is 5.02 Å². The van der Waals surface area contributed by atoms with Gasteiger partial charge in [-0.05, 0) is 30.5 Å². The second kappa shape index (κ2) is 4.20. The number of phenols is 1. The molecule has 0 saturated heterocycles. The molecule has 0 aliphatic carbocycles. The minimum Gasteiger partial charge on any atom is -0.507 e. The van der Waals surface area contributed by atoms with Crippen LogP contribution in [-0.4, -0.2) is 5.11 Å². The summed E-state index contributed by atoms with van der Waals surface area (Å²) in [6.45, 7) is 5.85. The van der Waals surface area contributed by atoms with Crippen molar-refractivity contribution in [1.82, 2.24) is 0 Å². The fourth-order valence-corrected chi connectivity index (χ4v) is 1.66. The zero-order valence-electron chi connectivity index (χ0n) is 8.71. The Bertz CT molecular complexity index is 305. The van der Waals surface area contributed by atoms with E-state index in [1.54, 1.807) is 12.1 Å². The Balaban J connectivity index is 3.32. The maximum atomic E-state index is 9.92. The van der Waals surface area contributed by atoms with E-state index in [0.717, 1.165) is 5.56 Å². The van der Waals surface area contributed by atoms with Crippen molar-refractivity contribution in [3.8, 4) is 5.75 Å². The Kier molecular flexibility index (Phi) is 3.40. The summed E-state index contributed by atoms with van der Waals surface area (Å²) in [6.07, 6.45) is 0. The molecule has 1 rings (SSSR count). The second-order valence-corrected chi connectivity index (χ2v) is 4.31. The van der Waals surface area contributed by atoms with Crippen molar-refractivity contribution in [3.05, 3.63) is 28.3 Å². The summed E-state index contributed by atoms with van der Waals surface area (Å²) in [7, 11) is 0. The number of aromatic hydroxyl groups is 1. The van der Waals surface area contributed by atoms with Gasteiger partial charge in [-0.3, -0.25) is 0 Å². The zero-order chi connectivity index (χ0) is 10.9. The Morgan fingerprint density at radius 3 is 2.14 bits per heavy atom. The molecule has 3 N–H and O–H groups in total. The van der Waals surface area contributed by atoms with E-state index in [4.69, 9.17) is 17.3 Å². The fraction of sp³-hybridized carbons (Fsp3) is 0.455. The molecule has 0 heterocycles. The monoisotopic (exact) mass is 213 g/mol. The van der Waals surface area contributed by atoms with E-state index in [1.807, 2.05) is 20.8 Å². The molecule has 0 bridgehead atoms. The van der Waals surface area contributed by atoms with Gasteiger partial charge in [-0.2, -0.15) is 0 Å². The van der Waals surface area contributed by atoms with Gasteiger partial charge in [-0.25, -0.2) is 0 Å². The number of halogens is 1. The SMILES string of the molecule is CC(C)c1cc(Cl)cc(C(C)N)c1O. The Labute approximate surface area is 89.7 Å². The van der Waals surface area contributed by atoms with Crippen LogP contribution in [0.5, 0.6) is 5.75 Å². The average Bonchev–Trinajstić information content (AvgIpc) is 2.07. The zero-order valence-corrected chi connectivity index (χ0v) is 9.47. The summed E-state index contributed by atoms with van der Waals surface area (Å²) in [5, 5.41) is 10.5. The van der Waals surface area contributed by atoms with Crippen LogP contribution in [0.15, 0.2) is 12.1 Å². The van der Waals surface area contributed by atoms with Gasteiger partial charge in [0, 0.05) is 16.6 Å². The minimum absolute atomic E-state index is 0.203. The highest BCUT2D eigenvalue weighted by molar-refractivity contribution is 6.30. The topological polar surface area (TPSA) is 46.2 Å². The van der Waals surface area contributed by atoms with Gasteiger partial charge in [0.15, 0.2) is 0 Å². The smallest absolute Gasteiger partial charge is 0.123 e. The summed E-state index contributed by atoms with van der Waals surface area (Å²) < 4.78 is 0. The lowest BCUT2D eigenvalue weighted by Crippen LogP contribution is -2.06. The number of hydrogen-bond donors (Lipinski definition) is 2. The lowest BCUT2D eigenvalue weighted by molar-refractivity contribution is 0.453. The summed E-state index contributed by atoms with van der Waals surface area (Å²) >= 11 is 5.94. The van der Waals surface area contributed by atoms with Gasteiger partial charge < -0.3 is 10.8 Å². The van der Waals surface area contributed by atoms with Crippen molar-refractivity contribution in [2.45, 2.75) is 32.7 Å². The van der Waals surface area contributed by atoms with Crippen molar-refractivity contribution < 1.29 is 5.11 Å². The van der Waals surface area contributed by atoms with Crippen LogP contribution in [0.1, 0.15) is 43.9 Å². The van der Waals surface area contributed by atoms with Gasteiger partial charge in [0.25, 0.3) is 0 Å². The first kappa shape index (κ1) is 11.3. The van der Waals surface area contributed by atoms with Crippen LogP contribution < -0.4 is 5.73 Å². The maximum absolute atomic E-state index is 9.92. The molecule has 14 heavy (non-hydrogen) atoms. The number of phenolic OH excluding ortho intramolecular Hbond substituents is 1. The van der Waals surface area contributed by atoms with Crippen molar-refractivity contribution in [2.24, 2.45) is 5.73 Å². The van der Waals surface area contributed by atoms with Gasteiger partial charge >= 0.3 is 0 Å². The van der Waals surface area contributed by atoms with Crippen LogP contribution in [0, 0.1) is 0 Å². The lowest BCUT2D eigenvalue weighted by atomic mass is 9.96. The predicted molar refractivity (Wildman–Crippen MR) is 59.8 cm³/mol. The largest absolute Gasteiger partial charge is 0.507 e. The molecule has 2 nitrogen and oxygen atoms in total. The Morgan fingerprint density at radius 2 is 1.71 bits per heavy atom. The lowest BCUT2D eigenvalue weighted by Gasteiger charge is -2.15. The van der Waals surface area contributed by atoms with E-state index in [9.17, 15) is 5.11 Å². The quantitative estimate of drug-likeness (QED) is 0.793. The van der Waals surface area contributed by atoms with E-state index < -0.39 is 0 Å². The molecule has 0 fully saturated rings. The van der Waals surface area contributed by atoms with Crippen LogP contribution in [0.3, 0.4) is 0 Å². The number of rotatable bonds is 2. The fourth-order valence-electron chi connectivity index (χ4n) is 1.43. The van der Waals surface area contributed by atoms with Crippen molar-refractivity contribution in [2.75, 3.05) is 0 Å². The van der Waals surface area contributed by atoms with Gasteiger partial charge in [0.05, 0.1) is 0 Å². The number of nitrogens with two attached hydrogens (primary N) is 1. The molecule has 3 heteroatoms. The number of hydrogen-bond acceptors (Lipinski definition) is 2. The summed E-state index contributed by atoms with van der Waals surface area (Å²) in [4.78, 5) is 0. The van der Waals surface area contributed by atoms with E-state index in [2.05, 4.69) is 0 Å². The highest BCUT2D eigenvalue weighted by Crippen LogP contribution is 2.34. The molecular formula is C11H16ClNO. The third-order valence-corrected chi connectivity index (χ3v) is 2.46. The van der Waals surface area contributed by atoms with Crippen LogP contribution in [0.4, 0.5) is 0 Å². The molecule has 1 unspecified atom stereocenters. The predicted octanol–water partition coefficient (Wildman–Crippen LogP) is 3.19. The summed E-state index contributed by atoms with van der Waals surface area (Å²) in [6, 6.07) is 3.30. The standard InChI is InChI=1S/C11H16ClNO/c1-6(2)9-4-8(12)5-10(7(3)13)11(9)14/h4-7,14H,13H2,1-3H3. The average molecular weight is 214 g/mol. The van der Waals surface area contributed by atoms with E-state index in [-0.39, 0.29) is 17.7 Å². The molecule has 1 aromatic carbocycles. The van der Waals surface area contributed by atoms with Crippen molar-refractivity contribution in [1.29, 1.82) is 0 Å². The highest BCUT2D eigenvalue weighted by atomic mass is 35.5. The molecule has 0 amide bonds. The van der Waals surface area contributed by atoms with Crippen LogP contribution >= 0.6 is 11.6 Å². The van der Waals surface area contributed by atoms with Crippen LogP contribution in [0.25, 0.3) is 0 Å². The molecule has 0 radical (unpaired) electrons. The first-order valence-electron chi connectivity index (χ1n) is 4.71. The molecule has 78 valence electrons. The third-order valence-electron chi connectivity index (χ3n) is 2.25. The molecule has 1 aromatic rings. The first-order valence-corrected chi connectivity index (χ1v) is 5.09. The molecule has 0 saturated carbocycles. The summed E-state index contributed by atoms with van der Waals surface area (Å²) in [5.74, 6) is 0.519. The first-order chi connectivity index (χ1) is 6.43. The second-order valence-electron chi connectivity index (χ2n) is 3.88. The Hall–Kier alpha value is -0.730. The third kappa shape index (κ3) is 2.20. The van der Waals surface area contributed by atoms with Gasteiger partial charge in [-0.15, -0.1) is 0 Å². The normalized spacial score (nSPS) is 13.3. The molecule has 0 aliphatic heterocycles. The van der Waals surface area contributed by atoms with E-state index in [0.29, 0.717) is 10.6 Å². The van der Waals surface area contributed by atoms with E-state index >= 15 is 0 Å². The van der Waals surface area contributed by atoms with Gasteiger partial charge in [-0.1, -0.05) is 25.4 Å². The number of benzene rings is 1. The van der Waals surface area contributed by atoms with Crippen molar-refractivity contribution in [3.63, 3.8) is 0 Å². The molecule has 0 aromatic heterocycles. The molecular weight excluding hydrogens is 198 g/mol. The van der Waals surface area contributed by atoms with Gasteiger partial charge in [0.2, 0.25) is 0 Å². The molecule has 0 aliphatic rings. The molecule has 1 atom stereocenters. The Morgan fingerprint density at radius 1 is 1.21 bits per heavy atom. The summed E-state index contributed by atoms with van der Waals surface area (Å²) in [5.41, 5.74) is 7.29. The maximum Gasteiger partial charge on any atom is 0.123 e. The van der Waals surface area contributed by atoms with Crippen molar-refractivity contribution >= 4 is 11.6 Å². The van der Waals surface area contributed by atoms with Gasteiger partial charge in [0.1, 0.15) is 5.75 Å². The van der Waals surface area contributed by atoms with Crippen LogP contribution in [-0.2, 0) is 0 Å². The molecule has 0 spiro atoms. The minimum atomic E-state index is -0.203. The van der Waals surface area contributed by atoms with E-state index in [1.165, 1.54) is 0 Å².